The predicted molar refractivity (Wildman–Crippen MR) is 84.2 cm³/mol. The first-order chi connectivity index (χ1) is 8.72. The molecule has 2 atom stereocenters. The summed E-state index contributed by atoms with van der Waals surface area (Å²) in [4.78, 5) is 1.43. The molecule has 0 amide bonds. The van der Waals surface area contributed by atoms with Crippen molar-refractivity contribution in [3.05, 3.63) is 20.8 Å². The molecule has 1 heterocycles. The Kier molecular flexibility index (Phi) is 5.71. The summed E-state index contributed by atoms with van der Waals surface area (Å²) in [6.07, 6.45) is 8.39. The van der Waals surface area contributed by atoms with Gasteiger partial charge in [-0.25, -0.2) is 0 Å². The van der Waals surface area contributed by atoms with Crippen molar-refractivity contribution in [3.8, 4) is 0 Å². The molecule has 3 heteroatoms. The molecule has 0 aromatic carbocycles. The zero-order chi connectivity index (χ0) is 13.0. The Morgan fingerprint density at radius 1 is 1.39 bits per heavy atom. The van der Waals surface area contributed by atoms with Gasteiger partial charge in [-0.15, -0.1) is 11.3 Å². The molecule has 1 N–H and O–H groups in total. The standard InChI is InChI=1S/C15H24BrNS/c1-3-14(12-7-5-4-6-8-12)17-11(2)15-13(16)9-10-18-15/h9-12,14,17H,3-8H2,1-2H3. The maximum atomic E-state index is 3.86. The van der Waals surface area contributed by atoms with E-state index in [1.807, 2.05) is 11.3 Å². The average Bonchev–Trinajstić information content (AvgIpc) is 2.83. The van der Waals surface area contributed by atoms with E-state index in [2.05, 4.69) is 46.5 Å². The Morgan fingerprint density at radius 2 is 2.11 bits per heavy atom. The lowest BCUT2D eigenvalue weighted by atomic mass is 9.82. The molecule has 18 heavy (non-hydrogen) atoms. The zero-order valence-electron chi connectivity index (χ0n) is 11.4. The van der Waals surface area contributed by atoms with E-state index in [9.17, 15) is 0 Å². The van der Waals surface area contributed by atoms with Crippen LogP contribution in [0.25, 0.3) is 0 Å². The molecule has 2 rings (SSSR count). The van der Waals surface area contributed by atoms with Gasteiger partial charge in [-0.2, -0.15) is 0 Å². The lowest BCUT2D eigenvalue weighted by Crippen LogP contribution is -2.38. The molecule has 1 saturated carbocycles. The second-order valence-electron chi connectivity index (χ2n) is 5.43. The quantitative estimate of drug-likeness (QED) is 0.749. The van der Waals surface area contributed by atoms with E-state index in [0.29, 0.717) is 12.1 Å². The molecule has 0 radical (unpaired) electrons. The number of hydrogen-bond acceptors (Lipinski definition) is 2. The van der Waals surface area contributed by atoms with Gasteiger partial charge in [-0.1, -0.05) is 26.2 Å². The van der Waals surface area contributed by atoms with Crippen LogP contribution < -0.4 is 5.32 Å². The molecule has 0 aliphatic heterocycles. The highest BCUT2D eigenvalue weighted by Gasteiger charge is 2.24. The average molecular weight is 330 g/mol. The van der Waals surface area contributed by atoms with Crippen molar-refractivity contribution in [3.63, 3.8) is 0 Å². The lowest BCUT2D eigenvalue weighted by molar-refractivity contribution is 0.250. The topological polar surface area (TPSA) is 12.0 Å². The third kappa shape index (κ3) is 3.58. The van der Waals surface area contributed by atoms with Gasteiger partial charge in [-0.05, 0) is 59.5 Å². The number of rotatable bonds is 5. The van der Waals surface area contributed by atoms with Crippen LogP contribution in [0.3, 0.4) is 0 Å². The highest BCUT2D eigenvalue weighted by Crippen LogP contribution is 2.32. The van der Waals surface area contributed by atoms with E-state index in [1.54, 1.807) is 0 Å². The van der Waals surface area contributed by atoms with Crippen molar-refractivity contribution in [2.75, 3.05) is 0 Å². The third-order valence-corrected chi connectivity index (χ3v) is 6.21. The van der Waals surface area contributed by atoms with Crippen LogP contribution in [0, 0.1) is 5.92 Å². The van der Waals surface area contributed by atoms with Gasteiger partial charge in [0.05, 0.1) is 0 Å². The maximum absolute atomic E-state index is 3.86. The first-order valence-electron chi connectivity index (χ1n) is 7.21. The van der Waals surface area contributed by atoms with Crippen LogP contribution >= 0.6 is 27.3 Å². The second kappa shape index (κ2) is 7.06. The molecule has 2 unspecified atom stereocenters. The fraction of sp³-hybridized carbons (Fsp3) is 0.733. The van der Waals surface area contributed by atoms with Crippen LogP contribution in [-0.4, -0.2) is 6.04 Å². The minimum absolute atomic E-state index is 0.464. The summed E-state index contributed by atoms with van der Waals surface area (Å²) < 4.78 is 1.26. The van der Waals surface area contributed by atoms with Crippen molar-refractivity contribution < 1.29 is 0 Å². The minimum Gasteiger partial charge on any atom is -0.306 e. The fourth-order valence-corrected chi connectivity index (χ4v) is 4.87. The van der Waals surface area contributed by atoms with E-state index in [-0.39, 0.29) is 0 Å². The van der Waals surface area contributed by atoms with Gasteiger partial charge >= 0.3 is 0 Å². The zero-order valence-corrected chi connectivity index (χ0v) is 13.8. The molecule has 0 saturated heterocycles. The summed E-state index contributed by atoms with van der Waals surface area (Å²) in [6, 6.07) is 3.31. The van der Waals surface area contributed by atoms with Crippen LogP contribution in [0.15, 0.2) is 15.9 Å². The van der Waals surface area contributed by atoms with Crippen LogP contribution in [0.5, 0.6) is 0 Å². The number of thiophene rings is 1. The lowest BCUT2D eigenvalue weighted by Gasteiger charge is -2.32. The highest BCUT2D eigenvalue weighted by atomic mass is 79.9. The van der Waals surface area contributed by atoms with Gasteiger partial charge in [-0.3, -0.25) is 0 Å². The van der Waals surface area contributed by atoms with Crippen molar-refractivity contribution in [1.29, 1.82) is 0 Å². The van der Waals surface area contributed by atoms with E-state index >= 15 is 0 Å². The summed E-state index contributed by atoms with van der Waals surface area (Å²) in [5.74, 6) is 0.893. The van der Waals surface area contributed by atoms with E-state index in [1.165, 1.54) is 47.9 Å². The van der Waals surface area contributed by atoms with Gasteiger partial charge in [0, 0.05) is 21.4 Å². The molecule has 1 aromatic heterocycles. The largest absolute Gasteiger partial charge is 0.306 e. The summed E-state index contributed by atoms with van der Waals surface area (Å²) in [5.41, 5.74) is 0. The molecule has 0 bridgehead atoms. The molecule has 1 aliphatic rings. The Balaban J connectivity index is 1.95. The van der Waals surface area contributed by atoms with Crippen molar-refractivity contribution >= 4 is 27.3 Å². The Bertz CT molecular complexity index is 357. The first-order valence-corrected chi connectivity index (χ1v) is 8.88. The molecule has 1 aliphatic carbocycles. The van der Waals surface area contributed by atoms with Crippen molar-refractivity contribution in [2.24, 2.45) is 5.92 Å². The highest BCUT2D eigenvalue weighted by molar-refractivity contribution is 9.10. The SMILES string of the molecule is CCC(NC(C)c1sccc1Br)C1CCCCC1. The molecular formula is C15H24BrNS. The molecule has 1 fully saturated rings. The molecule has 102 valence electrons. The summed E-state index contributed by atoms with van der Waals surface area (Å²) in [6.45, 7) is 4.62. The Labute approximate surface area is 123 Å². The monoisotopic (exact) mass is 329 g/mol. The normalized spacial score (nSPS) is 20.8. The molecular weight excluding hydrogens is 306 g/mol. The smallest absolute Gasteiger partial charge is 0.0399 e. The van der Waals surface area contributed by atoms with E-state index < -0.39 is 0 Å². The summed E-state index contributed by atoms with van der Waals surface area (Å²) in [7, 11) is 0. The van der Waals surface area contributed by atoms with E-state index in [0.717, 1.165) is 5.92 Å². The van der Waals surface area contributed by atoms with Crippen LogP contribution in [0.1, 0.15) is 63.3 Å². The first kappa shape index (κ1) is 14.5. The van der Waals surface area contributed by atoms with Crippen molar-refractivity contribution in [2.45, 2.75) is 64.5 Å². The molecule has 1 aromatic rings. The number of nitrogens with one attached hydrogen (secondary N) is 1. The van der Waals surface area contributed by atoms with Crippen molar-refractivity contribution in [1.82, 2.24) is 5.32 Å². The fourth-order valence-electron chi connectivity index (χ4n) is 3.13. The summed E-state index contributed by atoms with van der Waals surface area (Å²) in [5, 5.41) is 6.03. The predicted octanol–water partition coefficient (Wildman–Crippen LogP) is 5.52. The Hall–Kier alpha value is 0.140. The molecule has 0 spiro atoms. The number of halogens is 1. The third-order valence-electron chi connectivity index (χ3n) is 4.16. The maximum Gasteiger partial charge on any atom is 0.0399 e. The van der Waals surface area contributed by atoms with E-state index in [4.69, 9.17) is 0 Å². The Morgan fingerprint density at radius 3 is 2.67 bits per heavy atom. The number of hydrogen-bond donors (Lipinski definition) is 1. The van der Waals surface area contributed by atoms with Gasteiger partial charge in [0.25, 0.3) is 0 Å². The minimum atomic E-state index is 0.464. The van der Waals surface area contributed by atoms with Gasteiger partial charge in [0.2, 0.25) is 0 Å². The second-order valence-corrected chi connectivity index (χ2v) is 7.24. The van der Waals surface area contributed by atoms with Crippen LogP contribution in [0.4, 0.5) is 0 Å². The van der Waals surface area contributed by atoms with Gasteiger partial charge in [0.1, 0.15) is 0 Å². The molecule has 1 nitrogen and oxygen atoms in total. The van der Waals surface area contributed by atoms with Gasteiger partial charge < -0.3 is 5.32 Å². The van der Waals surface area contributed by atoms with Crippen LogP contribution in [-0.2, 0) is 0 Å². The van der Waals surface area contributed by atoms with Crippen LogP contribution in [0.2, 0.25) is 0 Å². The summed E-state index contributed by atoms with van der Waals surface area (Å²) >= 11 is 5.49. The van der Waals surface area contributed by atoms with Gasteiger partial charge in [0.15, 0.2) is 0 Å².